The Labute approximate surface area is 184 Å². The normalized spacial score (nSPS) is 29.4. The van der Waals surface area contributed by atoms with E-state index in [4.69, 9.17) is 4.74 Å². The summed E-state index contributed by atoms with van der Waals surface area (Å²) in [5, 5.41) is 8.04. The number of carbonyl (C=O) groups excluding carboxylic acids is 4. The number of nitrogens with one attached hydrogen (secondary N) is 3. The molecule has 0 saturated heterocycles. The first-order valence-electron chi connectivity index (χ1n) is 11.7. The minimum Gasteiger partial charge on any atom is -0.454 e. The van der Waals surface area contributed by atoms with Gasteiger partial charge >= 0.3 is 5.97 Å². The Morgan fingerprint density at radius 2 is 1.52 bits per heavy atom. The van der Waals surface area contributed by atoms with Crippen molar-refractivity contribution in [3.05, 3.63) is 0 Å². The highest BCUT2D eigenvalue weighted by Crippen LogP contribution is 2.60. The lowest BCUT2D eigenvalue weighted by Crippen LogP contribution is -2.57. The van der Waals surface area contributed by atoms with Gasteiger partial charge in [-0.05, 0) is 68.6 Å². The van der Waals surface area contributed by atoms with Gasteiger partial charge in [0.05, 0.1) is 6.54 Å². The molecule has 0 heterocycles. The highest BCUT2D eigenvalue weighted by atomic mass is 16.5. The van der Waals surface area contributed by atoms with Crippen LogP contribution in [-0.2, 0) is 23.9 Å². The van der Waals surface area contributed by atoms with Gasteiger partial charge < -0.3 is 20.7 Å². The molecule has 4 fully saturated rings. The van der Waals surface area contributed by atoms with Crippen LogP contribution in [0.4, 0.5) is 0 Å². The fourth-order valence-electron chi connectivity index (χ4n) is 5.96. The van der Waals surface area contributed by atoms with Crippen molar-refractivity contribution in [3.8, 4) is 0 Å². The number of hydrogen-bond donors (Lipinski definition) is 3. The first-order valence-corrected chi connectivity index (χ1v) is 11.7. The monoisotopic (exact) mass is 435 g/mol. The predicted octanol–water partition coefficient (Wildman–Crippen LogP) is 1.53. The third kappa shape index (κ3) is 5.77. The van der Waals surface area contributed by atoms with E-state index >= 15 is 0 Å². The highest BCUT2D eigenvalue weighted by molar-refractivity contribution is 5.90. The summed E-state index contributed by atoms with van der Waals surface area (Å²) >= 11 is 0. The zero-order valence-corrected chi connectivity index (χ0v) is 19.0. The van der Waals surface area contributed by atoms with Crippen LogP contribution >= 0.6 is 0 Å². The van der Waals surface area contributed by atoms with E-state index in [-0.39, 0.29) is 29.7 Å². The van der Waals surface area contributed by atoms with E-state index in [1.54, 1.807) is 0 Å². The average Bonchev–Trinajstić information content (AvgIpc) is 2.71. The van der Waals surface area contributed by atoms with Crippen molar-refractivity contribution >= 4 is 23.7 Å². The lowest BCUT2D eigenvalue weighted by atomic mass is 9.49. The Balaban J connectivity index is 1.49. The van der Waals surface area contributed by atoms with Crippen LogP contribution in [0.3, 0.4) is 0 Å². The van der Waals surface area contributed by atoms with Gasteiger partial charge in [-0.1, -0.05) is 20.8 Å². The molecule has 0 radical (unpaired) electrons. The number of carbonyl (C=O) groups is 4. The quantitative estimate of drug-likeness (QED) is 0.450. The van der Waals surface area contributed by atoms with Crippen molar-refractivity contribution in [1.82, 2.24) is 16.0 Å². The Morgan fingerprint density at radius 3 is 2.03 bits per heavy atom. The average molecular weight is 436 g/mol. The molecular weight excluding hydrogens is 398 g/mol. The molecule has 3 N–H and O–H groups in total. The number of esters is 1. The predicted molar refractivity (Wildman–Crippen MR) is 115 cm³/mol. The molecule has 4 saturated carbocycles. The Morgan fingerprint density at radius 1 is 0.935 bits per heavy atom. The molecule has 3 amide bonds. The molecule has 1 atom stereocenters. The second-order valence-corrected chi connectivity index (χ2v) is 10.1. The summed E-state index contributed by atoms with van der Waals surface area (Å²) in [6.07, 6.45) is 7.31. The first kappa shape index (κ1) is 23.5. The van der Waals surface area contributed by atoms with Gasteiger partial charge in [-0.15, -0.1) is 0 Å². The molecule has 4 aliphatic carbocycles. The Hall–Kier alpha value is -2.12. The molecule has 0 spiro atoms. The topological polar surface area (TPSA) is 114 Å². The van der Waals surface area contributed by atoms with Gasteiger partial charge in [-0.3, -0.25) is 14.4 Å². The van der Waals surface area contributed by atoms with Crippen LogP contribution in [0.15, 0.2) is 0 Å². The first-order chi connectivity index (χ1) is 14.7. The summed E-state index contributed by atoms with van der Waals surface area (Å²) in [6, 6.07) is -0.791. The van der Waals surface area contributed by atoms with Crippen LogP contribution in [0, 0.1) is 29.1 Å². The summed E-state index contributed by atoms with van der Waals surface area (Å²) in [5.74, 6) is 0.282. The molecule has 4 bridgehead atoms. The number of ether oxygens (including phenoxy) is 1. The number of rotatable bonds is 10. The van der Waals surface area contributed by atoms with Crippen molar-refractivity contribution < 1.29 is 23.9 Å². The number of hydrogen-bond acceptors (Lipinski definition) is 5. The van der Waals surface area contributed by atoms with E-state index in [2.05, 4.69) is 16.0 Å². The van der Waals surface area contributed by atoms with Crippen LogP contribution in [0.1, 0.15) is 65.7 Å². The molecule has 8 heteroatoms. The van der Waals surface area contributed by atoms with Gasteiger partial charge in [0.15, 0.2) is 6.61 Å². The fraction of sp³-hybridized carbons (Fsp3) is 0.826. The summed E-state index contributed by atoms with van der Waals surface area (Å²) < 4.78 is 5.16. The smallest absolute Gasteiger partial charge is 0.329 e. The number of amides is 3. The molecule has 0 aliphatic heterocycles. The minimum absolute atomic E-state index is 0.0284. The second-order valence-electron chi connectivity index (χ2n) is 10.1. The molecule has 174 valence electrons. The van der Waals surface area contributed by atoms with E-state index in [0.29, 0.717) is 24.3 Å². The maximum Gasteiger partial charge on any atom is 0.329 e. The van der Waals surface area contributed by atoms with Crippen LogP contribution in [0.25, 0.3) is 0 Å². The zero-order chi connectivity index (χ0) is 22.6. The molecule has 0 aromatic rings. The standard InChI is InChI=1S/C23H37N3O5/c1-4-5-24-18(27)12-25-19(28)13-31-21(29)20(14(2)3)26-22(30)23-9-15-6-16(10-23)8-17(7-15)11-23/h14-17,20H,4-13H2,1-3H3,(H,24,27)(H,25,28)(H,26,30)/t15?,16?,17?,20-,23?/m1/s1. The van der Waals surface area contributed by atoms with E-state index in [9.17, 15) is 19.2 Å². The molecule has 4 rings (SSSR count). The van der Waals surface area contributed by atoms with Gasteiger partial charge in [0.1, 0.15) is 6.04 Å². The van der Waals surface area contributed by atoms with E-state index < -0.39 is 24.5 Å². The summed E-state index contributed by atoms with van der Waals surface area (Å²) in [6.45, 7) is 5.55. The van der Waals surface area contributed by atoms with Crippen molar-refractivity contribution in [2.75, 3.05) is 19.7 Å². The van der Waals surface area contributed by atoms with Gasteiger partial charge in [0.25, 0.3) is 5.91 Å². The van der Waals surface area contributed by atoms with Crippen LogP contribution in [0.2, 0.25) is 0 Å². The van der Waals surface area contributed by atoms with Gasteiger partial charge in [0.2, 0.25) is 11.8 Å². The third-order valence-corrected chi connectivity index (χ3v) is 7.09. The maximum atomic E-state index is 13.3. The van der Waals surface area contributed by atoms with Crippen LogP contribution in [-0.4, -0.2) is 49.4 Å². The van der Waals surface area contributed by atoms with Crippen LogP contribution in [0.5, 0.6) is 0 Å². The Bertz CT molecular complexity index is 670. The molecular formula is C23H37N3O5. The van der Waals surface area contributed by atoms with E-state index in [1.165, 1.54) is 19.3 Å². The SMILES string of the molecule is CCCNC(=O)CNC(=O)COC(=O)[C@H](NC(=O)C12CC3CC(CC(C3)C1)C2)C(C)C. The summed E-state index contributed by atoms with van der Waals surface area (Å²) in [5.41, 5.74) is -0.342. The summed E-state index contributed by atoms with van der Waals surface area (Å²) in [7, 11) is 0. The van der Waals surface area contributed by atoms with Gasteiger partial charge in [-0.25, -0.2) is 4.79 Å². The minimum atomic E-state index is -0.791. The Kier molecular flexibility index (Phi) is 7.59. The largest absolute Gasteiger partial charge is 0.454 e. The molecule has 0 unspecified atom stereocenters. The molecule has 0 aromatic carbocycles. The highest BCUT2D eigenvalue weighted by Gasteiger charge is 2.55. The zero-order valence-electron chi connectivity index (χ0n) is 19.0. The third-order valence-electron chi connectivity index (χ3n) is 7.09. The molecule has 0 aromatic heterocycles. The second kappa shape index (κ2) is 10.0. The van der Waals surface area contributed by atoms with Crippen LogP contribution < -0.4 is 16.0 Å². The molecule has 31 heavy (non-hydrogen) atoms. The van der Waals surface area contributed by atoms with Crippen molar-refractivity contribution in [2.24, 2.45) is 29.1 Å². The van der Waals surface area contributed by atoms with Crippen molar-refractivity contribution in [2.45, 2.75) is 71.8 Å². The lowest BCUT2D eigenvalue weighted by molar-refractivity contribution is -0.157. The summed E-state index contributed by atoms with van der Waals surface area (Å²) in [4.78, 5) is 49.4. The van der Waals surface area contributed by atoms with E-state index in [0.717, 1.165) is 25.7 Å². The maximum absolute atomic E-state index is 13.3. The molecule has 4 aliphatic rings. The molecule has 8 nitrogen and oxygen atoms in total. The van der Waals surface area contributed by atoms with Crippen molar-refractivity contribution in [3.63, 3.8) is 0 Å². The van der Waals surface area contributed by atoms with Gasteiger partial charge in [-0.2, -0.15) is 0 Å². The van der Waals surface area contributed by atoms with Gasteiger partial charge in [0, 0.05) is 12.0 Å². The van der Waals surface area contributed by atoms with E-state index in [1.807, 2.05) is 20.8 Å². The van der Waals surface area contributed by atoms with Crippen molar-refractivity contribution in [1.29, 1.82) is 0 Å². The fourth-order valence-corrected chi connectivity index (χ4v) is 5.96. The lowest BCUT2D eigenvalue weighted by Gasteiger charge is -2.55.